The predicted molar refractivity (Wildman–Crippen MR) is 83.7 cm³/mol. The number of hydrazine groups is 1. The zero-order valence-corrected chi connectivity index (χ0v) is 12.6. The molecular formula is C16H27N3O. The molecule has 0 aromatic heterocycles. The molecule has 0 spiro atoms. The van der Waals surface area contributed by atoms with E-state index in [0.717, 1.165) is 25.9 Å². The van der Waals surface area contributed by atoms with Crippen molar-refractivity contribution < 1.29 is 4.74 Å². The summed E-state index contributed by atoms with van der Waals surface area (Å²) < 4.78 is 5.67. The summed E-state index contributed by atoms with van der Waals surface area (Å²) in [5, 5.41) is 0. The third-order valence-corrected chi connectivity index (χ3v) is 4.03. The summed E-state index contributed by atoms with van der Waals surface area (Å²) in [6.07, 6.45) is 6.25. The van der Waals surface area contributed by atoms with Crippen LogP contribution in [0.3, 0.4) is 0 Å². The maximum absolute atomic E-state index is 5.73. The molecule has 0 aliphatic carbocycles. The minimum atomic E-state index is 0.219. The zero-order valence-electron chi connectivity index (χ0n) is 12.6. The lowest BCUT2D eigenvalue weighted by Gasteiger charge is -2.20. The smallest absolute Gasteiger partial charge is 0.0576 e. The number of anilines is 1. The van der Waals surface area contributed by atoms with Gasteiger partial charge in [0.2, 0.25) is 0 Å². The standard InChI is InChI=1S/C16H27N3O/c1-19(2)14-7-3-6-13(12-14)16(18-17)10-4-8-15-9-5-11-20-15/h3,6-7,12,15-16,18H,4-5,8-11,17H2,1-2H3. The first-order valence-corrected chi connectivity index (χ1v) is 7.55. The van der Waals surface area contributed by atoms with Crippen molar-refractivity contribution in [2.24, 2.45) is 5.84 Å². The number of nitrogens with one attached hydrogen (secondary N) is 1. The maximum Gasteiger partial charge on any atom is 0.0576 e. The second-order valence-electron chi connectivity index (χ2n) is 5.77. The number of hydrogen-bond acceptors (Lipinski definition) is 4. The fourth-order valence-electron chi connectivity index (χ4n) is 2.79. The lowest BCUT2D eigenvalue weighted by atomic mass is 9.99. The van der Waals surface area contributed by atoms with Gasteiger partial charge in [0.25, 0.3) is 0 Å². The predicted octanol–water partition coefficient (Wildman–Crippen LogP) is 2.61. The second kappa shape index (κ2) is 7.62. The molecule has 4 nitrogen and oxygen atoms in total. The molecule has 1 aromatic rings. The van der Waals surface area contributed by atoms with E-state index >= 15 is 0 Å². The van der Waals surface area contributed by atoms with Gasteiger partial charge >= 0.3 is 0 Å². The summed E-state index contributed by atoms with van der Waals surface area (Å²) in [7, 11) is 4.11. The van der Waals surface area contributed by atoms with Crippen molar-refractivity contribution in [1.82, 2.24) is 5.43 Å². The van der Waals surface area contributed by atoms with Crippen molar-refractivity contribution in [2.45, 2.75) is 44.2 Å². The molecule has 0 radical (unpaired) electrons. The minimum absolute atomic E-state index is 0.219. The molecule has 2 atom stereocenters. The van der Waals surface area contributed by atoms with Crippen LogP contribution >= 0.6 is 0 Å². The quantitative estimate of drug-likeness (QED) is 0.594. The minimum Gasteiger partial charge on any atom is -0.378 e. The molecule has 2 rings (SSSR count). The van der Waals surface area contributed by atoms with Crippen LogP contribution in [-0.4, -0.2) is 26.8 Å². The van der Waals surface area contributed by atoms with E-state index in [1.165, 1.54) is 24.1 Å². The summed E-state index contributed by atoms with van der Waals surface area (Å²) in [5.41, 5.74) is 5.42. The molecular weight excluding hydrogens is 250 g/mol. The van der Waals surface area contributed by atoms with Crippen LogP contribution in [-0.2, 0) is 4.74 Å². The van der Waals surface area contributed by atoms with Crippen molar-refractivity contribution >= 4 is 5.69 Å². The molecule has 1 fully saturated rings. The molecule has 0 bridgehead atoms. The van der Waals surface area contributed by atoms with E-state index in [0.29, 0.717) is 6.10 Å². The highest BCUT2D eigenvalue weighted by Gasteiger charge is 2.16. The number of nitrogens with zero attached hydrogens (tertiary/aromatic N) is 1. The normalized spacial score (nSPS) is 20.1. The Kier molecular flexibility index (Phi) is 5.83. The lowest BCUT2D eigenvalue weighted by molar-refractivity contribution is 0.101. The molecule has 1 aliphatic heterocycles. The average molecular weight is 277 g/mol. The second-order valence-corrected chi connectivity index (χ2v) is 5.77. The zero-order chi connectivity index (χ0) is 14.4. The summed E-state index contributed by atoms with van der Waals surface area (Å²) >= 11 is 0. The fourth-order valence-corrected chi connectivity index (χ4v) is 2.79. The van der Waals surface area contributed by atoms with Crippen LogP contribution in [0.15, 0.2) is 24.3 Å². The van der Waals surface area contributed by atoms with Gasteiger partial charge in [-0.25, -0.2) is 0 Å². The fraction of sp³-hybridized carbons (Fsp3) is 0.625. The molecule has 0 amide bonds. The van der Waals surface area contributed by atoms with Gasteiger partial charge in [-0.1, -0.05) is 12.1 Å². The van der Waals surface area contributed by atoms with Crippen molar-refractivity contribution in [3.8, 4) is 0 Å². The van der Waals surface area contributed by atoms with Gasteiger partial charge in [0.1, 0.15) is 0 Å². The summed E-state index contributed by atoms with van der Waals surface area (Å²) in [5.74, 6) is 5.73. The van der Waals surface area contributed by atoms with Gasteiger partial charge in [0, 0.05) is 32.4 Å². The van der Waals surface area contributed by atoms with Gasteiger partial charge in [-0.15, -0.1) is 0 Å². The highest BCUT2D eigenvalue weighted by molar-refractivity contribution is 5.47. The van der Waals surface area contributed by atoms with Crippen molar-refractivity contribution in [1.29, 1.82) is 0 Å². The van der Waals surface area contributed by atoms with E-state index in [2.05, 4.69) is 48.7 Å². The topological polar surface area (TPSA) is 50.5 Å². The first-order chi connectivity index (χ1) is 9.70. The summed E-state index contributed by atoms with van der Waals surface area (Å²) in [4.78, 5) is 2.11. The van der Waals surface area contributed by atoms with E-state index in [-0.39, 0.29) is 6.04 Å². The van der Waals surface area contributed by atoms with Gasteiger partial charge in [-0.05, 0) is 49.8 Å². The molecule has 1 aromatic carbocycles. The van der Waals surface area contributed by atoms with Crippen molar-refractivity contribution in [2.75, 3.05) is 25.6 Å². The van der Waals surface area contributed by atoms with Crippen molar-refractivity contribution in [3.05, 3.63) is 29.8 Å². The number of hydrogen-bond donors (Lipinski definition) is 2. The van der Waals surface area contributed by atoms with E-state index in [9.17, 15) is 0 Å². The van der Waals surface area contributed by atoms with E-state index < -0.39 is 0 Å². The van der Waals surface area contributed by atoms with Crippen LogP contribution < -0.4 is 16.2 Å². The van der Waals surface area contributed by atoms with E-state index in [1.807, 2.05) is 0 Å². The molecule has 1 heterocycles. The first-order valence-electron chi connectivity index (χ1n) is 7.55. The Morgan fingerprint density at radius 3 is 2.95 bits per heavy atom. The van der Waals surface area contributed by atoms with Crippen LogP contribution in [0.5, 0.6) is 0 Å². The van der Waals surface area contributed by atoms with E-state index in [1.54, 1.807) is 0 Å². The summed E-state index contributed by atoms with van der Waals surface area (Å²) in [6.45, 7) is 0.939. The van der Waals surface area contributed by atoms with Gasteiger partial charge < -0.3 is 9.64 Å². The Morgan fingerprint density at radius 1 is 1.45 bits per heavy atom. The molecule has 3 N–H and O–H groups in total. The largest absolute Gasteiger partial charge is 0.378 e. The van der Waals surface area contributed by atoms with Crippen LogP contribution in [0.1, 0.15) is 43.7 Å². The molecule has 0 saturated carbocycles. The highest BCUT2D eigenvalue weighted by Crippen LogP contribution is 2.25. The maximum atomic E-state index is 5.73. The molecule has 1 aliphatic rings. The molecule has 1 saturated heterocycles. The monoisotopic (exact) mass is 277 g/mol. The van der Waals surface area contributed by atoms with Crippen LogP contribution in [0, 0.1) is 0 Å². The average Bonchev–Trinajstić information content (AvgIpc) is 2.97. The first kappa shape index (κ1) is 15.3. The van der Waals surface area contributed by atoms with Gasteiger partial charge in [-0.3, -0.25) is 11.3 Å². The Morgan fingerprint density at radius 2 is 2.30 bits per heavy atom. The Bertz CT molecular complexity index is 402. The third kappa shape index (κ3) is 4.20. The van der Waals surface area contributed by atoms with Crippen LogP contribution in [0.2, 0.25) is 0 Å². The Hall–Kier alpha value is -1.10. The molecule has 2 unspecified atom stereocenters. The Balaban J connectivity index is 1.88. The number of nitrogens with two attached hydrogens (primary N) is 1. The van der Waals surface area contributed by atoms with Gasteiger partial charge in [0.15, 0.2) is 0 Å². The van der Waals surface area contributed by atoms with E-state index in [4.69, 9.17) is 10.6 Å². The lowest BCUT2D eigenvalue weighted by Crippen LogP contribution is -2.28. The van der Waals surface area contributed by atoms with Gasteiger partial charge in [0.05, 0.1) is 6.10 Å². The molecule has 20 heavy (non-hydrogen) atoms. The van der Waals surface area contributed by atoms with Crippen LogP contribution in [0.25, 0.3) is 0 Å². The Labute approximate surface area is 122 Å². The van der Waals surface area contributed by atoms with Gasteiger partial charge in [-0.2, -0.15) is 0 Å². The summed E-state index contributed by atoms with van der Waals surface area (Å²) in [6, 6.07) is 8.77. The molecule has 112 valence electrons. The molecule has 4 heteroatoms. The van der Waals surface area contributed by atoms with Crippen LogP contribution in [0.4, 0.5) is 5.69 Å². The number of rotatable bonds is 7. The van der Waals surface area contributed by atoms with Crippen molar-refractivity contribution in [3.63, 3.8) is 0 Å². The number of benzene rings is 1. The highest BCUT2D eigenvalue weighted by atomic mass is 16.5. The third-order valence-electron chi connectivity index (χ3n) is 4.03. The SMILES string of the molecule is CN(C)c1cccc(C(CCCC2CCCO2)NN)c1. The number of ether oxygens (including phenoxy) is 1.